The third kappa shape index (κ3) is 4.93. The Hall–Kier alpha value is -1.11. The second-order valence-corrected chi connectivity index (χ2v) is 6.52. The van der Waals surface area contributed by atoms with Crippen LogP contribution in [0.3, 0.4) is 0 Å². The number of aryl methyl sites for hydroxylation is 2. The van der Waals surface area contributed by atoms with Crippen LogP contribution < -0.4 is 5.73 Å². The first-order valence-electron chi connectivity index (χ1n) is 8.04. The summed E-state index contributed by atoms with van der Waals surface area (Å²) < 4.78 is 7.75. The zero-order valence-electron chi connectivity index (χ0n) is 14.5. The summed E-state index contributed by atoms with van der Waals surface area (Å²) in [5.41, 5.74) is 7.50. The third-order valence-corrected chi connectivity index (χ3v) is 4.16. The Balaban J connectivity index is 0.00000264. The van der Waals surface area contributed by atoms with E-state index in [1.165, 1.54) is 0 Å². The van der Waals surface area contributed by atoms with Crippen LogP contribution in [0.2, 0.25) is 0 Å². The number of halogens is 1. The van der Waals surface area contributed by atoms with Crippen LogP contribution in [0.25, 0.3) is 0 Å². The molecule has 0 saturated carbocycles. The van der Waals surface area contributed by atoms with Crippen LogP contribution in [0.1, 0.15) is 38.1 Å². The van der Waals surface area contributed by atoms with Crippen LogP contribution in [0.5, 0.6) is 0 Å². The number of amides is 1. The molecular weight excluding hydrogens is 316 g/mol. The molecule has 1 aliphatic rings. The van der Waals surface area contributed by atoms with Crippen LogP contribution in [-0.4, -0.2) is 51.9 Å². The van der Waals surface area contributed by atoms with Crippen molar-refractivity contribution in [3.05, 3.63) is 17.5 Å². The largest absolute Gasteiger partial charge is 0.373 e. The third-order valence-electron chi connectivity index (χ3n) is 4.16. The molecule has 2 atom stereocenters. The second-order valence-electron chi connectivity index (χ2n) is 6.52. The number of nitrogens with two attached hydrogens (primary N) is 1. The normalized spacial score (nSPS) is 20.7. The van der Waals surface area contributed by atoms with Crippen molar-refractivity contribution in [1.29, 1.82) is 0 Å². The summed E-state index contributed by atoms with van der Waals surface area (Å²) in [7, 11) is 0. The highest BCUT2D eigenvalue weighted by Crippen LogP contribution is 2.17. The van der Waals surface area contributed by atoms with Gasteiger partial charge in [-0.25, -0.2) is 0 Å². The van der Waals surface area contributed by atoms with Gasteiger partial charge in [-0.05, 0) is 33.3 Å². The first-order chi connectivity index (χ1) is 10.3. The molecule has 1 saturated heterocycles. The van der Waals surface area contributed by atoms with Crippen molar-refractivity contribution in [3.63, 3.8) is 0 Å². The van der Waals surface area contributed by atoms with Gasteiger partial charge in [0.2, 0.25) is 5.91 Å². The molecule has 1 amide bonds. The Morgan fingerprint density at radius 2 is 2.22 bits per heavy atom. The monoisotopic (exact) mass is 344 g/mol. The van der Waals surface area contributed by atoms with E-state index in [-0.39, 0.29) is 24.4 Å². The molecular formula is C16H29ClN4O2. The van der Waals surface area contributed by atoms with Crippen molar-refractivity contribution >= 4 is 18.3 Å². The van der Waals surface area contributed by atoms with Crippen molar-refractivity contribution in [1.82, 2.24) is 14.7 Å². The zero-order valence-corrected chi connectivity index (χ0v) is 15.4. The Morgan fingerprint density at radius 1 is 1.52 bits per heavy atom. The Kier molecular flexibility index (Phi) is 7.04. The van der Waals surface area contributed by atoms with Gasteiger partial charge in [0.1, 0.15) is 0 Å². The SMILES string of the molecule is CCCC(C)(N)C(=O)N1CCOC(Cn2nc(C)cc2C)C1.Cl. The van der Waals surface area contributed by atoms with Gasteiger partial charge in [-0.3, -0.25) is 9.48 Å². The van der Waals surface area contributed by atoms with Gasteiger partial charge in [0.15, 0.2) is 0 Å². The molecule has 23 heavy (non-hydrogen) atoms. The molecule has 2 unspecified atom stereocenters. The van der Waals surface area contributed by atoms with Gasteiger partial charge in [0.05, 0.1) is 30.5 Å². The summed E-state index contributed by atoms with van der Waals surface area (Å²) in [6, 6.07) is 2.05. The smallest absolute Gasteiger partial charge is 0.242 e. The van der Waals surface area contributed by atoms with Crippen LogP contribution in [0.4, 0.5) is 0 Å². The molecule has 132 valence electrons. The molecule has 1 aromatic heterocycles. The molecule has 2 heterocycles. The van der Waals surface area contributed by atoms with Crippen LogP contribution in [0.15, 0.2) is 6.07 Å². The Bertz CT molecular complexity index is 530. The molecule has 0 bridgehead atoms. The minimum Gasteiger partial charge on any atom is -0.373 e. The molecule has 1 fully saturated rings. The minimum atomic E-state index is -0.783. The lowest BCUT2D eigenvalue weighted by molar-refractivity contribution is -0.144. The van der Waals surface area contributed by atoms with Gasteiger partial charge in [0.25, 0.3) is 0 Å². The molecule has 0 aliphatic carbocycles. The van der Waals surface area contributed by atoms with Gasteiger partial charge >= 0.3 is 0 Å². The van der Waals surface area contributed by atoms with Gasteiger partial charge in [-0.15, -0.1) is 12.4 Å². The molecule has 0 aromatic carbocycles. The number of hydrogen-bond donors (Lipinski definition) is 1. The quantitative estimate of drug-likeness (QED) is 0.881. The maximum atomic E-state index is 12.6. The van der Waals surface area contributed by atoms with Crippen LogP contribution >= 0.6 is 12.4 Å². The molecule has 7 heteroatoms. The van der Waals surface area contributed by atoms with Crippen LogP contribution in [0, 0.1) is 13.8 Å². The Morgan fingerprint density at radius 3 is 2.78 bits per heavy atom. The lowest BCUT2D eigenvalue weighted by atomic mass is 9.95. The number of carbonyl (C=O) groups excluding carboxylic acids is 1. The summed E-state index contributed by atoms with van der Waals surface area (Å²) in [4.78, 5) is 14.4. The first-order valence-corrected chi connectivity index (χ1v) is 8.04. The summed E-state index contributed by atoms with van der Waals surface area (Å²) in [5, 5.41) is 4.46. The topological polar surface area (TPSA) is 73.4 Å². The fourth-order valence-corrected chi connectivity index (χ4v) is 3.05. The van der Waals surface area contributed by atoms with E-state index < -0.39 is 5.54 Å². The van der Waals surface area contributed by atoms with Crippen molar-refractivity contribution < 1.29 is 9.53 Å². The number of rotatable bonds is 5. The highest BCUT2D eigenvalue weighted by atomic mass is 35.5. The van der Waals surface area contributed by atoms with E-state index in [0.29, 0.717) is 32.7 Å². The van der Waals surface area contributed by atoms with Crippen LogP contribution in [-0.2, 0) is 16.1 Å². The van der Waals surface area contributed by atoms with E-state index >= 15 is 0 Å². The molecule has 1 aliphatic heterocycles. The van der Waals surface area contributed by atoms with E-state index in [4.69, 9.17) is 10.5 Å². The predicted octanol–water partition coefficient (Wildman–Crippen LogP) is 1.67. The lowest BCUT2D eigenvalue weighted by Crippen LogP contribution is -2.57. The highest BCUT2D eigenvalue weighted by Gasteiger charge is 2.34. The van der Waals surface area contributed by atoms with E-state index in [9.17, 15) is 4.79 Å². The lowest BCUT2D eigenvalue weighted by Gasteiger charge is -2.37. The van der Waals surface area contributed by atoms with E-state index in [2.05, 4.69) is 5.10 Å². The zero-order chi connectivity index (χ0) is 16.3. The van der Waals surface area contributed by atoms with E-state index in [1.54, 1.807) is 0 Å². The standard InChI is InChI=1S/C16H28N4O2.ClH/c1-5-6-16(4,17)15(21)19-7-8-22-14(10-19)11-20-13(3)9-12(2)18-20;/h9,14H,5-8,10-11,17H2,1-4H3;1H. The van der Waals surface area contributed by atoms with Crippen molar-refractivity contribution in [2.24, 2.45) is 5.73 Å². The van der Waals surface area contributed by atoms with E-state index in [1.807, 2.05) is 43.3 Å². The number of ether oxygens (including phenoxy) is 1. The minimum absolute atomic E-state index is 0. The first kappa shape index (κ1) is 19.9. The van der Waals surface area contributed by atoms with Crippen molar-refractivity contribution in [3.8, 4) is 0 Å². The number of nitrogens with zero attached hydrogens (tertiary/aromatic N) is 3. The fourth-order valence-electron chi connectivity index (χ4n) is 3.05. The number of morpholine rings is 1. The molecule has 0 spiro atoms. The highest BCUT2D eigenvalue weighted by molar-refractivity contribution is 5.86. The summed E-state index contributed by atoms with van der Waals surface area (Å²) >= 11 is 0. The molecule has 0 radical (unpaired) electrons. The van der Waals surface area contributed by atoms with Crippen molar-refractivity contribution in [2.45, 2.75) is 58.7 Å². The summed E-state index contributed by atoms with van der Waals surface area (Å²) in [6.45, 7) is 10.3. The van der Waals surface area contributed by atoms with Crippen molar-refractivity contribution in [2.75, 3.05) is 19.7 Å². The molecule has 2 N–H and O–H groups in total. The molecule has 2 rings (SSSR count). The van der Waals surface area contributed by atoms with Gasteiger partial charge in [-0.2, -0.15) is 5.10 Å². The average Bonchev–Trinajstić information content (AvgIpc) is 2.76. The van der Waals surface area contributed by atoms with Gasteiger partial charge < -0.3 is 15.4 Å². The van der Waals surface area contributed by atoms with E-state index in [0.717, 1.165) is 17.8 Å². The predicted molar refractivity (Wildman–Crippen MR) is 92.8 cm³/mol. The summed E-state index contributed by atoms with van der Waals surface area (Å²) in [6.07, 6.45) is 1.57. The Labute approximate surface area is 144 Å². The molecule has 1 aromatic rings. The van der Waals surface area contributed by atoms with Gasteiger partial charge in [0, 0.05) is 18.8 Å². The van der Waals surface area contributed by atoms with Gasteiger partial charge in [-0.1, -0.05) is 13.3 Å². The number of hydrogen-bond acceptors (Lipinski definition) is 4. The fraction of sp³-hybridized carbons (Fsp3) is 0.750. The average molecular weight is 345 g/mol. The molecule has 6 nitrogen and oxygen atoms in total. The maximum Gasteiger partial charge on any atom is 0.242 e. The second kappa shape index (κ2) is 8.13. The number of aromatic nitrogens is 2. The number of carbonyl (C=O) groups is 1. The maximum absolute atomic E-state index is 12.6. The summed E-state index contributed by atoms with van der Waals surface area (Å²) in [5.74, 6) is 0.0241.